The van der Waals surface area contributed by atoms with E-state index in [4.69, 9.17) is 0 Å². The summed E-state index contributed by atoms with van der Waals surface area (Å²) < 4.78 is 13.9. The number of benzene rings is 2. The molecule has 3 rings (SSSR count). The Bertz CT molecular complexity index is 897. The predicted molar refractivity (Wildman–Crippen MR) is 121 cm³/mol. The van der Waals surface area contributed by atoms with E-state index < -0.39 is 29.8 Å². The van der Waals surface area contributed by atoms with Gasteiger partial charge in [-0.1, -0.05) is 36.4 Å². The lowest BCUT2D eigenvalue weighted by Gasteiger charge is -2.41. The van der Waals surface area contributed by atoms with Crippen LogP contribution in [0.4, 0.5) is 5.69 Å². The van der Waals surface area contributed by atoms with Crippen molar-refractivity contribution in [2.24, 2.45) is 0 Å². The second-order valence-electron chi connectivity index (χ2n) is 8.06. The van der Waals surface area contributed by atoms with Crippen molar-refractivity contribution < 1.29 is 24.3 Å². The predicted octanol–water partition coefficient (Wildman–Crippen LogP) is 1.24. The molecule has 4 N–H and O–H groups in total. The molecule has 0 saturated carbocycles. The first kappa shape index (κ1) is 23.6. The van der Waals surface area contributed by atoms with Crippen molar-refractivity contribution in [2.45, 2.75) is 37.3 Å². The Morgan fingerprint density at radius 1 is 1.06 bits per heavy atom. The summed E-state index contributed by atoms with van der Waals surface area (Å²) in [6.45, 7) is -0.330. The smallest absolute Gasteiger partial charge is 0.230 e. The van der Waals surface area contributed by atoms with E-state index >= 15 is 0 Å². The Morgan fingerprint density at radius 3 is 2.23 bits per heavy atom. The third-order valence-electron chi connectivity index (χ3n) is 5.60. The van der Waals surface area contributed by atoms with Crippen LogP contribution in [0.25, 0.3) is 0 Å². The molecule has 2 atom stereocenters. The lowest BCUT2D eigenvalue weighted by molar-refractivity contribution is -0.124. The van der Waals surface area contributed by atoms with Gasteiger partial charge >= 0.3 is 0 Å². The fraction of sp³-hybridized carbons (Fsp3) is 0.435. The molecule has 1 amide bonds. The van der Waals surface area contributed by atoms with Crippen molar-refractivity contribution in [1.29, 1.82) is 0 Å². The minimum absolute atomic E-state index is 0.0364. The maximum atomic E-state index is 12.3. The number of β-lactam (4-membered cyclic amide) rings is 1. The number of carbonyl (C=O) groups is 1. The monoisotopic (exact) mass is 446 g/mol. The van der Waals surface area contributed by atoms with E-state index in [9.17, 15) is 24.3 Å². The molecular formula is C23H30N2O5S. The Balaban J connectivity index is 1.62. The highest BCUT2D eigenvalue weighted by molar-refractivity contribution is 7.82. The van der Waals surface area contributed by atoms with E-state index in [-0.39, 0.29) is 18.4 Å². The molecule has 7 nitrogen and oxygen atoms in total. The van der Waals surface area contributed by atoms with Crippen molar-refractivity contribution in [2.75, 3.05) is 30.9 Å². The zero-order valence-electron chi connectivity index (χ0n) is 17.7. The highest BCUT2D eigenvalue weighted by atomic mass is 32.2. The number of amides is 1. The number of nitrogens with zero attached hydrogens (tertiary/aromatic N) is 1. The van der Waals surface area contributed by atoms with E-state index in [1.807, 2.05) is 48.5 Å². The summed E-state index contributed by atoms with van der Waals surface area (Å²) in [4.78, 5) is 14.1. The van der Waals surface area contributed by atoms with Crippen molar-refractivity contribution in [1.82, 2.24) is 4.72 Å². The van der Waals surface area contributed by atoms with E-state index in [2.05, 4.69) is 4.72 Å². The van der Waals surface area contributed by atoms with Crippen LogP contribution in [0, 0.1) is 0 Å². The first-order valence-electron chi connectivity index (χ1n) is 10.4. The molecule has 2 unspecified atom stereocenters. The molecule has 1 saturated heterocycles. The minimum atomic E-state index is -1.54. The van der Waals surface area contributed by atoms with Crippen molar-refractivity contribution in [3.05, 3.63) is 65.2 Å². The Labute approximate surface area is 185 Å². The van der Waals surface area contributed by atoms with Gasteiger partial charge in [0.25, 0.3) is 0 Å². The summed E-state index contributed by atoms with van der Waals surface area (Å²) in [6, 6.07) is 15.5. The van der Waals surface area contributed by atoms with Gasteiger partial charge in [-0.2, -0.15) is 0 Å². The van der Waals surface area contributed by atoms with Gasteiger partial charge in [-0.3, -0.25) is 4.79 Å². The second kappa shape index (κ2) is 10.5. The molecular weight excluding hydrogens is 416 g/mol. The number of aliphatic hydroxyl groups is 3. The van der Waals surface area contributed by atoms with Crippen LogP contribution in [-0.2, 0) is 28.6 Å². The zero-order chi connectivity index (χ0) is 22.4. The van der Waals surface area contributed by atoms with E-state index in [0.717, 1.165) is 29.7 Å². The van der Waals surface area contributed by atoms with Gasteiger partial charge in [0.05, 0.1) is 36.7 Å². The van der Waals surface area contributed by atoms with Crippen LogP contribution in [-0.4, -0.2) is 57.1 Å². The first-order chi connectivity index (χ1) is 14.8. The molecule has 1 aliphatic rings. The van der Waals surface area contributed by atoms with Crippen LogP contribution in [0.1, 0.15) is 35.6 Å². The quantitative estimate of drug-likeness (QED) is 0.307. The molecule has 168 valence electrons. The molecule has 0 radical (unpaired) electrons. The van der Waals surface area contributed by atoms with Crippen LogP contribution >= 0.6 is 0 Å². The van der Waals surface area contributed by atoms with Gasteiger partial charge in [0.15, 0.2) is 0 Å². The van der Waals surface area contributed by atoms with Gasteiger partial charge in [0, 0.05) is 24.9 Å². The fourth-order valence-corrected chi connectivity index (χ4v) is 4.17. The fourth-order valence-electron chi connectivity index (χ4n) is 3.74. The Morgan fingerprint density at radius 2 is 1.68 bits per heavy atom. The Kier molecular flexibility index (Phi) is 7.96. The highest BCUT2D eigenvalue weighted by Gasteiger charge is 2.38. The van der Waals surface area contributed by atoms with Crippen LogP contribution in [0.15, 0.2) is 48.5 Å². The van der Waals surface area contributed by atoms with E-state index in [1.54, 1.807) is 11.2 Å². The van der Waals surface area contributed by atoms with Crippen LogP contribution in [0.5, 0.6) is 0 Å². The number of carbonyl (C=O) groups excluding carboxylic acids is 1. The maximum Gasteiger partial charge on any atom is 0.230 e. The van der Waals surface area contributed by atoms with Gasteiger partial charge < -0.3 is 20.2 Å². The van der Waals surface area contributed by atoms with Crippen LogP contribution in [0.2, 0.25) is 0 Å². The number of aliphatic hydroxyl groups excluding tert-OH is 2. The number of nitrogens with one attached hydrogen (secondary N) is 1. The molecule has 1 heterocycles. The number of aryl methyl sites for hydroxylation is 1. The average Bonchev–Trinajstić information content (AvgIpc) is 2.76. The van der Waals surface area contributed by atoms with Gasteiger partial charge in [-0.05, 0) is 41.7 Å². The van der Waals surface area contributed by atoms with Crippen molar-refractivity contribution in [3.63, 3.8) is 0 Å². The lowest BCUT2D eigenvalue weighted by atomic mass is 9.90. The van der Waals surface area contributed by atoms with E-state index in [0.29, 0.717) is 13.0 Å². The number of hydrogen-bond donors (Lipinski definition) is 4. The van der Waals surface area contributed by atoms with Gasteiger partial charge in [0.2, 0.25) is 5.91 Å². The molecule has 1 aliphatic heterocycles. The number of anilines is 1. The standard InChI is InChI=1S/C23H30N2O5S/c1-31(30)24-12-2-3-17-6-10-20(11-7-17)25-21(13-22(25)28)19-8-4-18(5-9-19)14-23(29,15-26)16-27/h4-11,21,24,26-27,29H,2-3,12-16H2,1H3. The normalized spacial score (nSPS) is 17.5. The van der Waals surface area contributed by atoms with Gasteiger partial charge in [-0.15, -0.1) is 0 Å². The highest BCUT2D eigenvalue weighted by Crippen LogP contribution is 2.39. The lowest BCUT2D eigenvalue weighted by Crippen LogP contribution is -2.46. The first-order valence-corrected chi connectivity index (χ1v) is 11.9. The molecule has 0 aliphatic carbocycles. The van der Waals surface area contributed by atoms with E-state index in [1.165, 1.54) is 5.56 Å². The van der Waals surface area contributed by atoms with Crippen molar-refractivity contribution >= 4 is 22.6 Å². The summed E-state index contributed by atoms with van der Waals surface area (Å²) >= 11 is 0. The molecule has 0 spiro atoms. The summed E-state index contributed by atoms with van der Waals surface area (Å²) in [7, 11) is -0.990. The molecule has 8 heteroatoms. The largest absolute Gasteiger partial charge is 0.393 e. The molecule has 0 bridgehead atoms. The summed E-state index contributed by atoms with van der Waals surface area (Å²) in [5.74, 6) is 0.0754. The van der Waals surface area contributed by atoms with Gasteiger partial charge in [0.1, 0.15) is 5.60 Å². The van der Waals surface area contributed by atoms with Gasteiger partial charge in [-0.25, -0.2) is 8.93 Å². The molecule has 2 aromatic carbocycles. The third-order valence-corrected chi connectivity index (χ3v) is 6.21. The second-order valence-corrected chi connectivity index (χ2v) is 9.26. The SMILES string of the molecule is CS(=O)NCCCc1ccc(N2C(=O)CC2c2ccc(CC(O)(CO)CO)cc2)cc1. The molecule has 0 aromatic heterocycles. The average molecular weight is 447 g/mol. The molecule has 31 heavy (non-hydrogen) atoms. The maximum absolute atomic E-state index is 12.3. The zero-order valence-corrected chi connectivity index (χ0v) is 18.5. The van der Waals surface area contributed by atoms with Crippen LogP contribution < -0.4 is 9.62 Å². The molecule has 2 aromatic rings. The topological polar surface area (TPSA) is 110 Å². The van der Waals surface area contributed by atoms with Crippen molar-refractivity contribution in [3.8, 4) is 0 Å². The summed E-state index contributed by atoms with van der Waals surface area (Å²) in [6.07, 6.45) is 3.97. The summed E-state index contributed by atoms with van der Waals surface area (Å²) in [5, 5.41) is 28.6. The number of rotatable bonds is 11. The third kappa shape index (κ3) is 5.99. The minimum Gasteiger partial charge on any atom is -0.393 e. The number of hydrogen-bond acceptors (Lipinski definition) is 5. The Hall–Kier alpha value is -2.10. The molecule has 1 fully saturated rings. The summed E-state index contributed by atoms with van der Waals surface area (Å²) in [5.41, 5.74) is 2.30. The van der Waals surface area contributed by atoms with Crippen LogP contribution in [0.3, 0.4) is 0 Å².